The van der Waals surface area contributed by atoms with Crippen molar-refractivity contribution >= 4 is 45.1 Å². The third-order valence-electron chi connectivity index (χ3n) is 2.12. The Balaban J connectivity index is 2.54. The minimum absolute atomic E-state index is 0.000667. The SMILES string of the molecule is O=C(O)c1nc(-c2ccc(Cl)c(Br)c2)ncc1Cl. The number of nitrogens with zero attached hydrogens (tertiary/aromatic N) is 2. The van der Waals surface area contributed by atoms with Crippen LogP contribution in [0.5, 0.6) is 0 Å². The zero-order chi connectivity index (χ0) is 13.3. The number of aromatic carboxylic acids is 1. The number of carboxylic acid groups (broad SMARTS) is 1. The second-order valence-corrected chi connectivity index (χ2v) is 4.99. The zero-order valence-corrected chi connectivity index (χ0v) is 11.8. The van der Waals surface area contributed by atoms with Crippen LogP contribution < -0.4 is 0 Å². The van der Waals surface area contributed by atoms with Crippen LogP contribution in [-0.4, -0.2) is 21.0 Å². The molecule has 0 aliphatic heterocycles. The first-order valence-corrected chi connectivity index (χ1v) is 6.25. The highest BCUT2D eigenvalue weighted by atomic mass is 79.9. The number of carboxylic acids is 1. The molecule has 0 fully saturated rings. The molecule has 92 valence electrons. The molecule has 1 N–H and O–H groups in total. The Bertz CT molecular complexity index is 634. The minimum atomic E-state index is -1.20. The summed E-state index contributed by atoms with van der Waals surface area (Å²) in [5.74, 6) is -0.925. The first-order chi connectivity index (χ1) is 8.49. The summed E-state index contributed by atoms with van der Waals surface area (Å²) in [4.78, 5) is 18.8. The fourth-order valence-corrected chi connectivity index (χ4v) is 1.96. The Morgan fingerprint density at radius 1 is 1.28 bits per heavy atom. The predicted octanol–water partition coefficient (Wildman–Crippen LogP) is 3.91. The average Bonchev–Trinajstić information content (AvgIpc) is 2.33. The van der Waals surface area contributed by atoms with Crippen molar-refractivity contribution in [1.29, 1.82) is 0 Å². The maximum atomic E-state index is 10.9. The average molecular weight is 348 g/mol. The van der Waals surface area contributed by atoms with E-state index in [1.54, 1.807) is 18.2 Å². The summed E-state index contributed by atoms with van der Waals surface area (Å²) in [5.41, 5.74) is 0.415. The van der Waals surface area contributed by atoms with Crippen molar-refractivity contribution in [3.63, 3.8) is 0 Å². The van der Waals surface area contributed by atoms with Gasteiger partial charge in [0.05, 0.1) is 16.2 Å². The molecular formula is C11H5BrCl2N2O2. The van der Waals surface area contributed by atoms with Gasteiger partial charge in [-0.05, 0) is 34.1 Å². The molecule has 0 bridgehead atoms. The number of halogens is 3. The van der Waals surface area contributed by atoms with Crippen LogP contribution in [-0.2, 0) is 0 Å². The Hall–Kier alpha value is -1.17. The standard InChI is InChI=1S/C11H5BrCl2N2O2/c12-6-3-5(1-2-7(6)13)10-15-4-8(14)9(16-10)11(17)18/h1-4H,(H,17,18). The Morgan fingerprint density at radius 2 is 2.00 bits per heavy atom. The van der Waals surface area contributed by atoms with Crippen LogP contribution in [0.4, 0.5) is 0 Å². The fraction of sp³-hybridized carbons (Fsp3) is 0. The lowest BCUT2D eigenvalue weighted by molar-refractivity contribution is 0.0690. The molecule has 2 aromatic rings. The van der Waals surface area contributed by atoms with E-state index in [1.807, 2.05) is 0 Å². The number of hydrogen-bond acceptors (Lipinski definition) is 3. The monoisotopic (exact) mass is 346 g/mol. The van der Waals surface area contributed by atoms with Crippen molar-refractivity contribution in [2.75, 3.05) is 0 Å². The number of carbonyl (C=O) groups is 1. The molecule has 0 spiro atoms. The molecule has 18 heavy (non-hydrogen) atoms. The van der Waals surface area contributed by atoms with Crippen LogP contribution >= 0.6 is 39.1 Å². The van der Waals surface area contributed by atoms with E-state index in [-0.39, 0.29) is 16.5 Å². The van der Waals surface area contributed by atoms with Gasteiger partial charge in [-0.15, -0.1) is 0 Å². The fourth-order valence-electron chi connectivity index (χ4n) is 1.29. The van der Waals surface area contributed by atoms with Gasteiger partial charge >= 0.3 is 5.97 Å². The van der Waals surface area contributed by atoms with Gasteiger partial charge in [-0.3, -0.25) is 0 Å². The van der Waals surface area contributed by atoms with Crippen LogP contribution in [0.2, 0.25) is 10.0 Å². The molecule has 0 aliphatic carbocycles. The minimum Gasteiger partial charge on any atom is -0.476 e. The van der Waals surface area contributed by atoms with E-state index in [9.17, 15) is 4.79 Å². The van der Waals surface area contributed by atoms with Crippen LogP contribution in [0.25, 0.3) is 11.4 Å². The maximum Gasteiger partial charge on any atom is 0.356 e. The van der Waals surface area contributed by atoms with E-state index >= 15 is 0 Å². The molecule has 0 atom stereocenters. The molecule has 2 rings (SSSR count). The smallest absolute Gasteiger partial charge is 0.356 e. The highest BCUT2D eigenvalue weighted by Gasteiger charge is 2.13. The summed E-state index contributed by atoms with van der Waals surface area (Å²) in [6.07, 6.45) is 1.26. The summed E-state index contributed by atoms with van der Waals surface area (Å²) in [7, 11) is 0. The van der Waals surface area contributed by atoms with Gasteiger partial charge in [-0.2, -0.15) is 0 Å². The Morgan fingerprint density at radius 3 is 2.61 bits per heavy atom. The van der Waals surface area contributed by atoms with Crippen LogP contribution in [0.1, 0.15) is 10.5 Å². The van der Waals surface area contributed by atoms with Gasteiger partial charge in [-0.25, -0.2) is 14.8 Å². The van der Waals surface area contributed by atoms with Crippen molar-refractivity contribution in [2.45, 2.75) is 0 Å². The molecule has 7 heteroatoms. The Labute approximate surface area is 121 Å². The molecule has 0 unspecified atom stereocenters. The topological polar surface area (TPSA) is 63.1 Å². The van der Waals surface area contributed by atoms with Gasteiger partial charge in [0, 0.05) is 10.0 Å². The number of hydrogen-bond donors (Lipinski definition) is 1. The quantitative estimate of drug-likeness (QED) is 0.894. The van der Waals surface area contributed by atoms with E-state index in [1.165, 1.54) is 6.20 Å². The molecule has 4 nitrogen and oxygen atoms in total. The van der Waals surface area contributed by atoms with Crippen LogP contribution in [0.15, 0.2) is 28.9 Å². The van der Waals surface area contributed by atoms with Gasteiger partial charge < -0.3 is 5.11 Å². The summed E-state index contributed by atoms with van der Waals surface area (Å²) in [6, 6.07) is 5.07. The molecule has 0 aliphatic rings. The van der Waals surface area contributed by atoms with Crippen molar-refractivity contribution in [1.82, 2.24) is 9.97 Å². The lowest BCUT2D eigenvalue weighted by Gasteiger charge is -2.04. The number of rotatable bonds is 2. The highest BCUT2D eigenvalue weighted by molar-refractivity contribution is 9.10. The zero-order valence-electron chi connectivity index (χ0n) is 8.69. The summed E-state index contributed by atoms with van der Waals surface area (Å²) in [5, 5.41) is 9.48. The van der Waals surface area contributed by atoms with E-state index in [4.69, 9.17) is 28.3 Å². The van der Waals surface area contributed by atoms with E-state index in [0.717, 1.165) is 0 Å². The molecule has 0 radical (unpaired) electrons. The lowest BCUT2D eigenvalue weighted by Crippen LogP contribution is -2.04. The van der Waals surface area contributed by atoms with Crippen LogP contribution in [0, 0.1) is 0 Å². The van der Waals surface area contributed by atoms with Gasteiger partial charge in [0.15, 0.2) is 11.5 Å². The third kappa shape index (κ3) is 2.63. The lowest BCUT2D eigenvalue weighted by atomic mass is 10.2. The van der Waals surface area contributed by atoms with E-state index < -0.39 is 5.97 Å². The number of aromatic nitrogens is 2. The van der Waals surface area contributed by atoms with E-state index in [2.05, 4.69) is 25.9 Å². The Kier molecular flexibility index (Phi) is 3.85. The van der Waals surface area contributed by atoms with Gasteiger partial charge in [0.2, 0.25) is 0 Å². The van der Waals surface area contributed by atoms with E-state index in [0.29, 0.717) is 15.1 Å². The molecule has 0 saturated carbocycles. The molecule has 0 amide bonds. The molecular weight excluding hydrogens is 343 g/mol. The second kappa shape index (κ2) is 5.22. The van der Waals surface area contributed by atoms with Gasteiger partial charge in [-0.1, -0.05) is 23.2 Å². The van der Waals surface area contributed by atoms with Crippen molar-refractivity contribution in [3.05, 3.63) is 44.6 Å². The normalized spacial score (nSPS) is 10.4. The third-order valence-corrected chi connectivity index (χ3v) is 3.62. The van der Waals surface area contributed by atoms with Crippen LogP contribution in [0.3, 0.4) is 0 Å². The van der Waals surface area contributed by atoms with Crippen molar-refractivity contribution in [2.24, 2.45) is 0 Å². The van der Waals surface area contributed by atoms with Crippen molar-refractivity contribution < 1.29 is 9.90 Å². The highest BCUT2D eigenvalue weighted by Crippen LogP contribution is 2.27. The summed E-state index contributed by atoms with van der Waals surface area (Å²) >= 11 is 14.8. The molecule has 0 saturated heterocycles. The molecule has 1 aromatic carbocycles. The first-order valence-electron chi connectivity index (χ1n) is 4.70. The van der Waals surface area contributed by atoms with Crippen molar-refractivity contribution in [3.8, 4) is 11.4 Å². The number of benzene rings is 1. The van der Waals surface area contributed by atoms with Gasteiger partial charge in [0.25, 0.3) is 0 Å². The van der Waals surface area contributed by atoms with Gasteiger partial charge in [0.1, 0.15) is 0 Å². The largest absolute Gasteiger partial charge is 0.476 e. The summed E-state index contributed by atoms with van der Waals surface area (Å²) < 4.78 is 0.678. The predicted molar refractivity (Wildman–Crippen MR) is 72.1 cm³/mol. The summed E-state index contributed by atoms with van der Waals surface area (Å²) in [6.45, 7) is 0. The molecule has 1 aromatic heterocycles. The second-order valence-electron chi connectivity index (χ2n) is 3.32. The first kappa shape index (κ1) is 13.3. The maximum absolute atomic E-state index is 10.9. The molecule has 1 heterocycles.